The van der Waals surface area contributed by atoms with Gasteiger partial charge in [-0.05, 0) is 68.8 Å². The highest BCUT2D eigenvalue weighted by Crippen LogP contribution is 2.33. The Hall–Kier alpha value is -4.32. The van der Waals surface area contributed by atoms with Crippen LogP contribution in [-0.2, 0) is 0 Å². The summed E-state index contributed by atoms with van der Waals surface area (Å²) in [5.41, 5.74) is 6.40. The number of hydrogen-bond donors (Lipinski definition) is 1. The van der Waals surface area contributed by atoms with Crippen LogP contribution in [-0.4, -0.2) is 15.0 Å². The maximum Gasteiger partial charge on any atom is 0.196 e. The predicted octanol–water partition coefficient (Wildman–Crippen LogP) is 6.10. The summed E-state index contributed by atoms with van der Waals surface area (Å²) < 4.78 is 6.41. The van der Waals surface area contributed by atoms with E-state index in [1.807, 2.05) is 49.4 Å². The second-order valence-corrected chi connectivity index (χ2v) is 8.37. The van der Waals surface area contributed by atoms with Gasteiger partial charge in [0.1, 0.15) is 11.3 Å². The SMILES string of the molecule is Cc1cc([C@@H](C)Nc2cccnc2-c2cccnc2)c2oc(-c3cccnc3)c(C)c(=O)c2c1. The molecule has 0 spiro atoms. The van der Waals surface area contributed by atoms with E-state index in [1.54, 1.807) is 37.9 Å². The van der Waals surface area contributed by atoms with Crippen LogP contribution in [0.1, 0.15) is 29.7 Å². The van der Waals surface area contributed by atoms with Gasteiger partial charge in [0.15, 0.2) is 5.43 Å². The molecule has 5 rings (SSSR count). The first-order valence-electron chi connectivity index (χ1n) is 11.1. The topological polar surface area (TPSA) is 80.9 Å². The Labute approximate surface area is 197 Å². The minimum Gasteiger partial charge on any atom is -0.455 e. The normalized spacial score (nSPS) is 12.0. The first-order valence-corrected chi connectivity index (χ1v) is 11.1. The van der Waals surface area contributed by atoms with Crippen LogP contribution in [0.5, 0.6) is 0 Å². The van der Waals surface area contributed by atoms with E-state index in [4.69, 9.17) is 4.42 Å². The fraction of sp³-hybridized carbons (Fsp3) is 0.143. The lowest BCUT2D eigenvalue weighted by Gasteiger charge is -2.20. The van der Waals surface area contributed by atoms with Crippen LogP contribution in [0.2, 0.25) is 0 Å². The minimum atomic E-state index is -0.158. The zero-order valence-corrected chi connectivity index (χ0v) is 19.2. The zero-order valence-electron chi connectivity index (χ0n) is 19.2. The number of pyridine rings is 3. The van der Waals surface area contributed by atoms with Gasteiger partial charge in [0.2, 0.25) is 0 Å². The number of nitrogens with one attached hydrogen (secondary N) is 1. The molecule has 6 heteroatoms. The number of aromatic nitrogens is 3. The Bertz CT molecular complexity index is 1530. The Kier molecular flexibility index (Phi) is 5.64. The largest absolute Gasteiger partial charge is 0.455 e. The molecule has 168 valence electrons. The van der Waals surface area contributed by atoms with Crippen molar-refractivity contribution in [3.8, 4) is 22.6 Å². The Morgan fingerprint density at radius 2 is 1.62 bits per heavy atom. The molecule has 0 saturated heterocycles. The number of rotatable bonds is 5. The van der Waals surface area contributed by atoms with E-state index in [-0.39, 0.29) is 11.5 Å². The molecule has 1 atom stereocenters. The van der Waals surface area contributed by atoms with Crippen molar-refractivity contribution in [1.82, 2.24) is 15.0 Å². The van der Waals surface area contributed by atoms with Crippen molar-refractivity contribution in [2.75, 3.05) is 5.32 Å². The molecular weight excluding hydrogens is 424 g/mol. The van der Waals surface area contributed by atoms with E-state index in [9.17, 15) is 4.79 Å². The summed E-state index contributed by atoms with van der Waals surface area (Å²) in [4.78, 5) is 26.3. The van der Waals surface area contributed by atoms with Crippen molar-refractivity contribution >= 4 is 16.7 Å². The summed E-state index contributed by atoms with van der Waals surface area (Å²) in [5, 5.41) is 4.15. The van der Waals surface area contributed by atoms with E-state index in [0.29, 0.717) is 22.3 Å². The fourth-order valence-electron chi connectivity index (χ4n) is 4.23. The summed E-state index contributed by atoms with van der Waals surface area (Å²) >= 11 is 0. The van der Waals surface area contributed by atoms with Crippen LogP contribution in [0.15, 0.2) is 88.7 Å². The number of nitrogens with zero attached hydrogens (tertiary/aromatic N) is 3. The quantitative estimate of drug-likeness (QED) is 0.350. The minimum absolute atomic E-state index is 0.0327. The van der Waals surface area contributed by atoms with Gasteiger partial charge in [-0.25, -0.2) is 0 Å². The van der Waals surface area contributed by atoms with Gasteiger partial charge >= 0.3 is 0 Å². The van der Waals surface area contributed by atoms with Crippen LogP contribution >= 0.6 is 0 Å². The fourth-order valence-corrected chi connectivity index (χ4v) is 4.23. The van der Waals surface area contributed by atoms with Gasteiger partial charge in [-0.15, -0.1) is 0 Å². The van der Waals surface area contributed by atoms with Crippen molar-refractivity contribution in [2.45, 2.75) is 26.8 Å². The molecule has 0 bridgehead atoms. The van der Waals surface area contributed by atoms with Crippen molar-refractivity contribution in [3.05, 3.63) is 106 Å². The molecule has 0 aliphatic rings. The molecule has 0 aliphatic carbocycles. The van der Waals surface area contributed by atoms with Crippen LogP contribution in [0.4, 0.5) is 5.69 Å². The first kappa shape index (κ1) is 21.5. The van der Waals surface area contributed by atoms with Gasteiger partial charge in [-0.3, -0.25) is 19.7 Å². The van der Waals surface area contributed by atoms with Crippen LogP contribution in [0, 0.1) is 13.8 Å². The molecule has 5 aromatic rings. The molecule has 6 nitrogen and oxygen atoms in total. The van der Waals surface area contributed by atoms with Gasteiger partial charge in [0.05, 0.1) is 22.8 Å². The summed E-state index contributed by atoms with van der Waals surface area (Å²) in [6, 6.07) is 15.3. The lowest BCUT2D eigenvalue weighted by Crippen LogP contribution is -2.13. The monoisotopic (exact) mass is 448 g/mol. The third kappa shape index (κ3) is 3.94. The van der Waals surface area contributed by atoms with Crippen molar-refractivity contribution in [1.29, 1.82) is 0 Å². The first-order chi connectivity index (χ1) is 16.5. The Morgan fingerprint density at radius 3 is 2.32 bits per heavy atom. The maximum absolute atomic E-state index is 13.3. The van der Waals surface area contributed by atoms with Gasteiger partial charge in [-0.1, -0.05) is 6.07 Å². The molecule has 34 heavy (non-hydrogen) atoms. The molecule has 0 unspecified atom stereocenters. The van der Waals surface area contributed by atoms with Gasteiger partial charge in [0, 0.05) is 53.2 Å². The summed E-state index contributed by atoms with van der Waals surface area (Å²) in [6.45, 7) is 5.84. The summed E-state index contributed by atoms with van der Waals surface area (Å²) in [6.07, 6.45) is 8.71. The average molecular weight is 449 g/mol. The van der Waals surface area contributed by atoms with Crippen molar-refractivity contribution in [2.24, 2.45) is 0 Å². The van der Waals surface area contributed by atoms with E-state index >= 15 is 0 Å². The smallest absolute Gasteiger partial charge is 0.196 e. The number of hydrogen-bond acceptors (Lipinski definition) is 6. The van der Waals surface area contributed by atoms with Crippen LogP contribution in [0.25, 0.3) is 33.6 Å². The van der Waals surface area contributed by atoms with Crippen molar-refractivity contribution < 1.29 is 4.42 Å². The van der Waals surface area contributed by atoms with Crippen molar-refractivity contribution in [3.63, 3.8) is 0 Å². The summed E-state index contributed by atoms with van der Waals surface area (Å²) in [5.74, 6) is 0.542. The predicted molar refractivity (Wildman–Crippen MR) is 135 cm³/mol. The number of anilines is 1. The Balaban J connectivity index is 1.64. The van der Waals surface area contributed by atoms with E-state index in [2.05, 4.69) is 33.3 Å². The highest BCUT2D eigenvalue weighted by atomic mass is 16.3. The maximum atomic E-state index is 13.3. The lowest BCUT2D eigenvalue weighted by atomic mass is 9.99. The van der Waals surface area contributed by atoms with Crippen LogP contribution in [0.3, 0.4) is 0 Å². The van der Waals surface area contributed by atoms with Gasteiger partial charge in [0.25, 0.3) is 0 Å². The van der Waals surface area contributed by atoms with E-state index < -0.39 is 0 Å². The molecule has 0 fully saturated rings. The van der Waals surface area contributed by atoms with Gasteiger partial charge in [-0.2, -0.15) is 0 Å². The second-order valence-electron chi connectivity index (χ2n) is 8.37. The highest BCUT2D eigenvalue weighted by molar-refractivity contribution is 5.85. The van der Waals surface area contributed by atoms with E-state index in [1.165, 1.54) is 0 Å². The third-order valence-corrected chi connectivity index (χ3v) is 5.90. The lowest BCUT2D eigenvalue weighted by molar-refractivity contribution is 0.605. The Morgan fingerprint density at radius 1 is 0.912 bits per heavy atom. The molecule has 1 N–H and O–H groups in total. The highest BCUT2D eigenvalue weighted by Gasteiger charge is 2.20. The zero-order chi connectivity index (χ0) is 23.7. The standard InChI is InChI=1S/C28H24N4O2/c1-17-13-22(19(3)32-24-9-6-12-31-25(24)20-7-4-10-29-15-20)28-23(14-17)26(33)18(2)27(34-28)21-8-5-11-30-16-21/h4-16,19,32H,1-3H3/t19-/m1/s1. The molecule has 4 heterocycles. The summed E-state index contributed by atoms with van der Waals surface area (Å²) in [7, 11) is 0. The second kappa shape index (κ2) is 8.90. The number of benzene rings is 1. The average Bonchev–Trinajstić information content (AvgIpc) is 2.87. The molecule has 0 radical (unpaired) electrons. The molecule has 4 aromatic heterocycles. The number of aryl methyl sites for hydroxylation is 1. The molecular formula is C28H24N4O2. The number of fused-ring (bicyclic) bond motifs is 1. The molecule has 0 amide bonds. The van der Waals surface area contributed by atoms with E-state index in [0.717, 1.165) is 33.6 Å². The van der Waals surface area contributed by atoms with Gasteiger partial charge < -0.3 is 9.73 Å². The van der Waals surface area contributed by atoms with Crippen LogP contribution < -0.4 is 10.7 Å². The third-order valence-electron chi connectivity index (χ3n) is 5.90. The molecule has 0 saturated carbocycles. The molecule has 0 aliphatic heterocycles. The molecule has 1 aromatic carbocycles.